The van der Waals surface area contributed by atoms with Crippen LogP contribution in [0.1, 0.15) is 30.4 Å². The lowest BCUT2D eigenvalue weighted by Gasteiger charge is -2.22. The number of rotatable bonds is 4. The molecule has 0 radical (unpaired) electrons. The SMILES string of the molecule is NCC#Cc1cc(F)cc(COCC2CCCCO2)c1. The van der Waals surface area contributed by atoms with Crippen molar-refractivity contribution in [2.24, 2.45) is 5.73 Å². The van der Waals surface area contributed by atoms with Gasteiger partial charge in [0.05, 0.1) is 25.9 Å². The zero-order chi connectivity index (χ0) is 14.2. The van der Waals surface area contributed by atoms with Gasteiger partial charge >= 0.3 is 0 Å². The molecule has 108 valence electrons. The number of hydrogen-bond donors (Lipinski definition) is 1. The molecule has 4 heteroatoms. The summed E-state index contributed by atoms with van der Waals surface area (Å²) >= 11 is 0. The van der Waals surface area contributed by atoms with Gasteiger partial charge in [-0.1, -0.05) is 11.8 Å². The Hall–Kier alpha value is -1.41. The van der Waals surface area contributed by atoms with Gasteiger partial charge in [-0.2, -0.15) is 0 Å². The van der Waals surface area contributed by atoms with E-state index in [4.69, 9.17) is 15.2 Å². The minimum Gasteiger partial charge on any atom is -0.376 e. The molecular formula is C16H20FNO2. The zero-order valence-corrected chi connectivity index (χ0v) is 11.5. The maximum absolute atomic E-state index is 13.5. The molecule has 0 spiro atoms. The molecule has 1 unspecified atom stereocenters. The molecular weight excluding hydrogens is 257 g/mol. The summed E-state index contributed by atoms with van der Waals surface area (Å²) in [5.41, 5.74) is 6.72. The largest absolute Gasteiger partial charge is 0.376 e. The molecule has 1 atom stereocenters. The fraction of sp³-hybridized carbons (Fsp3) is 0.500. The van der Waals surface area contributed by atoms with E-state index in [1.807, 2.05) is 6.07 Å². The van der Waals surface area contributed by atoms with Gasteiger partial charge in [-0.15, -0.1) is 0 Å². The molecule has 1 aromatic rings. The number of ether oxygens (including phenoxy) is 2. The third-order valence-corrected chi connectivity index (χ3v) is 3.14. The van der Waals surface area contributed by atoms with Gasteiger partial charge in [0, 0.05) is 12.2 Å². The summed E-state index contributed by atoms with van der Waals surface area (Å²) in [6.07, 6.45) is 3.53. The molecule has 1 aromatic carbocycles. The molecule has 1 saturated heterocycles. The van der Waals surface area contributed by atoms with E-state index in [2.05, 4.69) is 11.8 Å². The smallest absolute Gasteiger partial charge is 0.124 e. The maximum atomic E-state index is 13.5. The summed E-state index contributed by atoms with van der Waals surface area (Å²) in [5, 5.41) is 0. The first-order valence-corrected chi connectivity index (χ1v) is 6.95. The van der Waals surface area contributed by atoms with Crippen LogP contribution in [0.3, 0.4) is 0 Å². The zero-order valence-electron chi connectivity index (χ0n) is 11.5. The Morgan fingerprint density at radius 1 is 1.35 bits per heavy atom. The first kappa shape index (κ1) is 15.0. The van der Waals surface area contributed by atoms with Crippen molar-refractivity contribution in [3.05, 3.63) is 35.1 Å². The average Bonchev–Trinajstić information content (AvgIpc) is 2.46. The van der Waals surface area contributed by atoms with Crippen LogP contribution in [0.5, 0.6) is 0 Å². The second kappa shape index (κ2) is 8.01. The monoisotopic (exact) mass is 277 g/mol. The number of halogens is 1. The molecule has 2 rings (SSSR count). The van der Waals surface area contributed by atoms with Crippen LogP contribution < -0.4 is 5.73 Å². The van der Waals surface area contributed by atoms with Gasteiger partial charge < -0.3 is 15.2 Å². The standard InChI is InChI=1S/C16H20FNO2/c17-15-9-13(4-3-6-18)8-14(10-15)11-19-12-16-5-1-2-7-20-16/h8-10,16H,1-2,5-7,11-12,18H2. The second-order valence-electron chi connectivity index (χ2n) is 4.86. The number of hydrogen-bond acceptors (Lipinski definition) is 3. The van der Waals surface area contributed by atoms with Gasteiger partial charge in [0.1, 0.15) is 5.82 Å². The fourth-order valence-corrected chi connectivity index (χ4v) is 2.21. The van der Waals surface area contributed by atoms with Crippen LogP contribution in [0.25, 0.3) is 0 Å². The number of nitrogens with two attached hydrogens (primary N) is 1. The van der Waals surface area contributed by atoms with Crippen molar-refractivity contribution >= 4 is 0 Å². The van der Waals surface area contributed by atoms with Crippen molar-refractivity contribution in [2.75, 3.05) is 19.8 Å². The van der Waals surface area contributed by atoms with E-state index in [0.717, 1.165) is 25.0 Å². The summed E-state index contributed by atoms with van der Waals surface area (Å²) in [6, 6.07) is 4.69. The highest BCUT2D eigenvalue weighted by Gasteiger charge is 2.13. The molecule has 0 bridgehead atoms. The van der Waals surface area contributed by atoms with Crippen LogP contribution in [-0.4, -0.2) is 25.9 Å². The molecule has 3 nitrogen and oxygen atoms in total. The second-order valence-corrected chi connectivity index (χ2v) is 4.86. The highest BCUT2D eigenvalue weighted by atomic mass is 19.1. The van der Waals surface area contributed by atoms with Crippen molar-refractivity contribution in [3.63, 3.8) is 0 Å². The van der Waals surface area contributed by atoms with E-state index in [0.29, 0.717) is 18.8 Å². The third kappa shape index (κ3) is 4.93. The lowest BCUT2D eigenvalue weighted by atomic mass is 10.1. The Morgan fingerprint density at radius 2 is 2.25 bits per heavy atom. The maximum Gasteiger partial charge on any atom is 0.124 e. The van der Waals surface area contributed by atoms with Crippen molar-refractivity contribution in [1.29, 1.82) is 0 Å². The molecule has 20 heavy (non-hydrogen) atoms. The first-order chi connectivity index (χ1) is 9.78. The highest BCUT2D eigenvalue weighted by Crippen LogP contribution is 2.14. The van der Waals surface area contributed by atoms with Gasteiger partial charge in [0.2, 0.25) is 0 Å². The summed E-state index contributed by atoms with van der Waals surface area (Å²) in [4.78, 5) is 0. The minimum absolute atomic E-state index is 0.175. The Bertz CT molecular complexity index is 487. The molecule has 0 aromatic heterocycles. The summed E-state index contributed by atoms with van der Waals surface area (Å²) in [7, 11) is 0. The molecule has 1 aliphatic rings. The molecule has 0 amide bonds. The fourth-order valence-electron chi connectivity index (χ4n) is 2.21. The molecule has 2 N–H and O–H groups in total. The summed E-state index contributed by atoms with van der Waals surface area (Å²) < 4.78 is 24.6. The normalized spacial score (nSPS) is 18.4. The van der Waals surface area contributed by atoms with Crippen LogP contribution in [0.4, 0.5) is 4.39 Å². The van der Waals surface area contributed by atoms with Gasteiger partial charge in [-0.25, -0.2) is 4.39 Å². The van der Waals surface area contributed by atoms with Crippen LogP contribution in [0, 0.1) is 17.7 Å². The van der Waals surface area contributed by atoms with Crippen molar-refractivity contribution in [2.45, 2.75) is 32.0 Å². The predicted octanol–water partition coefficient (Wildman–Crippen LogP) is 2.22. The van der Waals surface area contributed by atoms with Crippen LogP contribution in [0.2, 0.25) is 0 Å². The van der Waals surface area contributed by atoms with E-state index < -0.39 is 0 Å². The highest BCUT2D eigenvalue weighted by molar-refractivity contribution is 5.37. The lowest BCUT2D eigenvalue weighted by Crippen LogP contribution is -2.24. The first-order valence-electron chi connectivity index (χ1n) is 6.95. The molecule has 0 saturated carbocycles. The minimum atomic E-state index is -0.304. The van der Waals surface area contributed by atoms with Crippen molar-refractivity contribution in [3.8, 4) is 11.8 Å². The van der Waals surface area contributed by atoms with Crippen LogP contribution in [0.15, 0.2) is 18.2 Å². The quantitative estimate of drug-likeness (QED) is 0.858. The number of benzene rings is 1. The topological polar surface area (TPSA) is 44.5 Å². The summed E-state index contributed by atoms with van der Waals surface area (Å²) in [6.45, 7) is 2.00. The van der Waals surface area contributed by atoms with E-state index in [1.165, 1.54) is 18.6 Å². The Morgan fingerprint density at radius 3 is 3.00 bits per heavy atom. The molecule has 0 aliphatic carbocycles. The third-order valence-electron chi connectivity index (χ3n) is 3.14. The average molecular weight is 277 g/mol. The van der Waals surface area contributed by atoms with E-state index >= 15 is 0 Å². The lowest BCUT2D eigenvalue weighted by molar-refractivity contribution is -0.0447. The van der Waals surface area contributed by atoms with E-state index in [-0.39, 0.29) is 18.5 Å². The van der Waals surface area contributed by atoms with Crippen LogP contribution >= 0.6 is 0 Å². The Balaban J connectivity index is 1.86. The Kier molecular flexibility index (Phi) is 6.00. The Labute approximate surface area is 119 Å². The van der Waals surface area contributed by atoms with E-state index in [9.17, 15) is 4.39 Å². The van der Waals surface area contributed by atoms with Gasteiger partial charge in [-0.3, -0.25) is 0 Å². The van der Waals surface area contributed by atoms with Crippen molar-refractivity contribution < 1.29 is 13.9 Å². The van der Waals surface area contributed by atoms with Gasteiger partial charge in [-0.05, 0) is 43.0 Å². The molecule has 1 fully saturated rings. The van der Waals surface area contributed by atoms with Crippen molar-refractivity contribution in [1.82, 2.24) is 0 Å². The predicted molar refractivity (Wildman–Crippen MR) is 75.6 cm³/mol. The van der Waals surface area contributed by atoms with Gasteiger partial charge in [0.25, 0.3) is 0 Å². The van der Waals surface area contributed by atoms with E-state index in [1.54, 1.807) is 0 Å². The molecule has 1 heterocycles. The summed E-state index contributed by atoms with van der Waals surface area (Å²) in [5.74, 6) is 5.24. The van der Waals surface area contributed by atoms with Gasteiger partial charge in [0.15, 0.2) is 0 Å². The van der Waals surface area contributed by atoms with Crippen LogP contribution in [-0.2, 0) is 16.1 Å². The molecule has 1 aliphatic heterocycles.